The third-order valence-corrected chi connectivity index (χ3v) is 2.71. The molecule has 0 saturated carbocycles. The summed E-state index contributed by atoms with van der Waals surface area (Å²) in [7, 11) is 3.44. The second-order valence-electron chi connectivity index (χ2n) is 3.68. The second kappa shape index (κ2) is 9.21. The van der Waals surface area contributed by atoms with Crippen LogP contribution < -0.4 is 0 Å². The van der Waals surface area contributed by atoms with Gasteiger partial charge in [-0.2, -0.15) is 12.6 Å². The van der Waals surface area contributed by atoms with E-state index in [1.807, 2.05) is 0 Å². The van der Waals surface area contributed by atoms with E-state index >= 15 is 0 Å². The average Bonchev–Trinajstić information content (AvgIpc) is 2.24. The predicted octanol–water partition coefficient (Wildman–Crippen LogP) is 1.46. The zero-order valence-corrected chi connectivity index (χ0v) is 10.9. The summed E-state index contributed by atoms with van der Waals surface area (Å²) in [6, 6.07) is 0.377. The summed E-state index contributed by atoms with van der Waals surface area (Å²) < 4.78 is 10.2. The van der Waals surface area contributed by atoms with Crippen molar-refractivity contribution in [1.29, 1.82) is 0 Å². The lowest BCUT2D eigenvalue weighted by atomic mass is 10.2. The fourth-order valence-corrected chi connectivity index (χ4v) is 1.45. The second-order valence-corrected chi connectivity index (χ2v) is 3.99. The van der Waals surface area contributed by atoms with E-state index in [9.17, 15) is 0 Å². The number of hydrogen-bond donors (Lipinski definition) is 1. The molecule has 0 saturated heterocycles. The Labute approximate surface area is 98.8 Å². The summed E-state index contributed by atoms with van der Waals surface area (Å²) in [5.74, 6) is 0.725. The van der Waals surface area contributed by atoms with Crippen molar-refractivity contribution in [2.24, 2.45) is 0 Å². The third kappa shape index (κ3) is 6.95. The number of ether oxygens (including phenoxy) is 2. The van der Waals surface area contributed by atoms with Crippen molar-refractivity contribution in [1.82, 2.24) is 4.90 Å². The van der Waals surface area contributed by atoms with Crippen LogP contribution in [0.25, 0.3) is 0 Å². The first-order valence-electron chi connectivity index (χ1n) is 5.15. The van der Waals surface area contributed by atoms with E-state index in [0.29, 0.717) is 6.04 Å². The molecule has 0 aromatic rings. The van der Waals surface area contributed by atoms with E-state index < -0.39 is 0 Å². The smallest absolute Gasteiger partial charge is 0.0615 e. The van der Waals surface area contributed by atoms with Crippen molar-refractivity contribution in [3.05, 3.63) is 12.2 Å². The van der Waals surface area contributed by atoms with E-state index in [0.717, 1.165) is 37.6 Å². The quantitative estimate of drug-likeness (QED) is 0.481. The van der Waals surface area contributed by atoms with Gasteiger partial charge in [0.25, 0.3) is 0 Å². The van der Waals surface area contributed by atoms with Crippen LogP contribution in [0.3, 0.4) is 0 Å². The van der Waals surface area contributed by atoms with Crippen molar-refractivity contribution in [2.45, 2.75) is 13.0 Å². The molecule has 4 heteroatoms. The minimum absolute atomic E-state index is 0.377. The van der Waals surface area contributed by atoms with Crippen LogP contribution >= 0.6 is 12.6 Å². The number of rotatable bonds is 9. The monoisotopic (exact) mass is 233 g/mol. The molecule has 1 atom stereocenters. The predicted molar refractivity (Wildman–Crippen MR) is 67.8 cm³/mol. The van der Waals surface area contributed by atoms with Crippen LogP contribution in [0, 0.1) is 0 Å². The molecule has 3 nitrogen and oxygen atoms in total. The molecular weight excluding hydrogens is 210 g/mol. The molecule has 0 fully saturated rings. The molecule has 0 rings (SSSR count). The lowest BCUT2D eigenvalue weighted by Crippen LogP contribution is -2.39. The molecule has 0 spiro atoms. The maximum atomic E-state index is 5.15. The van der Waals surface area contributed by atoms with Crippen LogP contribution in [0.2, 0.25) is 0 Å². The SMILES string of the molecule is C=C(CS)CN(CCOC)C(C)COC. The molecule has 0 aromatic heterocycles. The van der Waals surface area contributed by atoms with Crippen molar-refractivity contribution in [2.75, 3.05) is 46.3 Å². The zero-order chi connectivity index (χ0) is 11.7. The Morgan fingerprint density at radius 2 is 2.07 bits per heavy atom. The summed E-state index contributed by atoms with van der Waals surface area (Å²) >= 11 is 4.21. The number of thiol groups is 1. The highest BCUT2D eigenvalue weighted by Gasteiger charge is 2.13. The lowest BCUT2D eigenvalue weighted by Gasteiger charge is -2.28. The van der Waals surface area contributed by atoms with Gasteiger partial charge in [0.05, 0.1) is 13.2 Å². The fourth-order valence-electron chi connectivity index (χ4n) is 1.35. The summed E-state index contributed by atoms with van der Waals surface area (Å²) in [6.45, 7) is 9.32. The molecular formula is C11H23NO2S. The van der Waals surface area contributed by atoms with E-state index in [4.69, 9.17) is 9.47 Å². The van der Waals surface area contributed by atoms with Gasteiger partial charge in [0.1, 0.15) is 0 Å². The Kier molecular flexibility index (Phi) is 9.20. The maximum Gasteiger partial charge on any atom is 0.0615 e. The normalized spacial score (nSPS) is 13.1. The highest BCUT2D eigenvalue weighted by molar-refractivity contribution is 7.80. The van der Waals surface area contributed by atoms with Gasteiger partial charge in [-0.3, -0.25) is 4.90 Å². The highest BCUT2D eigenvalue weighted by Crippen LogP contribution is 2.05. The van der Waals surface area contributed by atoms with E-state index in [-0.39, 0.29) is 0 Å². The van der Waals surface area contributed by atoms with Gasteiger partial charge in [-0.1, -0.05) is 12.2 Å². The first kappa shape index (κ1) is 15.0. The minimum Gasteiger partial charge on any atom is -0.383 e. The molecule has 1 unspecified atom stereocenters. The maximum absolute atomic E-state index is 5.15. The lowest BCUT2D eigenvalue weighted by molar-refractivity contribution is 0.0811. The molecule has 0 amide bonds. The van der Waals surface area contributed by atoms with E-state index in [1.165, 1.54) is 0 Å². The average molecular weight is 233 g/mol. The van der Waals surface area contributed by atoms with Gasteiger partial charge >= 0.3 is 0 Å². The summed E-state index contributed by atoms with van der Waals surface area (Å²) in [5.41, 5.74) is 1.12. The fraction of sp³-hybridized carbons (Fsp3) is 0.818. The van der Waals surface area contributed by atoms with Gasteiger partial charge in [0.15, 0.2) is 0 Å². The van der Waals surface area contributed by atoms with Gasteiger partial charge in [-0.25, -0.2) is 0 Å². The molecule has 0 N–H and O–H groups in total. The van der Waals surface area contributed by atoms with Gasteiger partial charge in [-0.15, -0.1) is 0 Å². The summed E-state index contributed by atoms with van der Waals surface area (Å²) in [5, 5.41) is 0. The zero-order valence-electron chi connectivity index (χ0n) is 10.0. The highest BCUT2D eigenvalue weighted by atomic mass is 32.1. The van der Waals surface area contributed by atoms with Gasteiger partial charge in [-0.05, 0) is 6.92 Å². The molecule has 0 aromatic carbocycles. The molecule has 0 aliphatic rings. The number of methoxy groups -OCH3 is 2. The molecule has 15 heavy (non-hydrogen) atoms. The van der Waals surface area contributed by atoms with Crippen LogP contribution in [0.1, 0.15) is 6.92 Å². The third-order valence-electron chi connectivity index (χ3n) is 2.26. The number of nitrogens with zero attached hydrogens (tertiary/aromatic N) is 1. The van der Waals surface area contributed by atoms with Crippen LogP contribution in [0.5, 0.6) is 0 Å². The van der Waals surface area contributed by atoms with Crippen molar-refractivity contribution < 1.29 is 9.47 Å². The van der Waals surface area contributed by atoms with Crippen molar-refractivity contribution in [3.63, 3.8) is 0 Å². The standard InChI is InChI=1S/C11H23NO2S/c1-10(9-15)7-12(5-6-13-3)11(2)8-14-4/h11,15H,1,5-9H2,2-4H3. The Balaban J connectivity index is 4.09. The number of hydrogen-bond acceptors (Lipinski definition) is 4. The van der Waals surface area contributed by atoms with Gasteiger partial charge in [0, 0.05) is 39.1 Å². The molecule has 0 aliphatic carbocycles. The minimum atomic E-state index is 0.377. The van der Waals surface area contributed by atoms with Crippen LogP contribution in [0.15, 0.2) is 12.2 Å². The topological polar surface area (TPSA) is 21.7 Å². The Morgan fingerprint density at radius 3 is 2.53 bits per heavy atom. The van der Waals surface area contributed by atoms with E-state index in [1.54, 1.807) is 14.2 Å². The molecule has 0 radical (unpaired) electrons. The molecule has 0 aliphatic heterocycles. The van der Waals surface area contributed by atoms with E-state index in [2.05, 4.69) is 31.0 Å². The largest absolute Gasteiger partial charge is 0.383 e. The Hall–Kier alpha value is -0.0300. The first-order valence-corrected chi connectivity index (χ1v) is 5.78. The van der Waals surface area contributed by atoms with Crippen LogP contribution in [-0.2, 0) is 9.47 Å². The Bertz CT molecular complexity index is 176. The summed E-state index contributed by atoms with van der Waals surface area (Å²) in [6.07, 6.45) is 0. The van der Waals surface area contributed by atoms with Crippen LogP contribution in [0.4, 0.5) is 0 Å². The Morgan fingerprint density at radius 1 is 1.40 bits per heavy atom. The van der Waals surface area contributed by atoms with Crippen molar-refractivity contribution in [3.8, 4) is 0 Å². The van der Waals surface area contributed by atoms with Crippen molar-refractivity contribution >= 4 is 12.6 Å². The van der Waals surface area contributed by atoms with Gasteiger partial charge < -0.3 is 9.47 Å². The van der Waals surface area contributed by atoms with Crippen LogP contribution in [-0.4, -0.2) is 57.2 Å². The summed E-state index contributed by atoms with van der Waals surface area (Å²) in [4.78, 5) is 2.30. The molecule has 0 heterocycles. The van der Waals surface area contributed by atoms with Gasteiger partial charge in [0.2, 0.25) is 0 Å². The molecule has 0 bridgehead atoms. The first-order chi connectivity index (χ1) is 7.15. The molecule has 90 valence electrons.